The standard InChI is InChI=1S/C22H22F2N6O/c1-14-10-20(30-8-2-3-9-30)29-21(25-14)26-17-4-6-18(7-5-17)27-22(31)28-19-12-15(23)11-16(24)13-19/h4-7,10-13H,2-3,8-9H2,1H3,(H,25,26,29)(H2,27,28,31). The van der Waals surface area contributed by atoms with Crippen molar-refractivity contribution < 1.29 is 13.6 Å². The van der Waals surface area contributed by atoms with Crippen LogP contribution in [-0.2, 0) is 0 Å². The van der Waals surface area contributed by atoms with Crippen LogP contribution >= 0.6 is 0 Å². The van der Waals surface area contributed by atoms with E-state index in [1.165, 1.54) is 12.8 Å². The van der Waals surface area contributed by atoms with Gasteiger partial charge in [-0.25, -0.2) is 18.6 Å². The number of benzene rings is 2. The zero-order valence-electron chi connectivity index (χ0n) is 17.0. The minimum absolute atomic E-state index is 0.0266. The van der Waals surface area contributed by atoms with Crippen molar-refractivity contribution in [2.75, 3.05) is 33.9 Å². The third-order valence-corrected chi connectivity index (χ3v) is 4.79. The molecule has 1 aromatic heterocycles. The van der Waals surface area contributed by atoms with E-state index in [-0.39, 0.29) is 5.69 Å². The molecule has 9 heteroatoms. The number of rotatable bonds is 5. The van der Waals surface area contributed by atoms with E-state index in [1.807, 2.05) is 13.0 Å². The smallest absolute Gasteiger partial charge is 0.323 e. The quantitative estimate of drug-likeness (QED) is 0.534. The summed E-state index contributed by atoms with van der Waals surface area (Å²) in [6.07, 6.45) is 2.34. The Morgan fingerprint density at radius 1 is 0.871 bits per heavy atom. The lowest BCUT2D eigenvalue weighted by Gasteiger charge is -2.17. The Morgan fingerprint density at radius 2 is 1.48 bits per heavy atom. The molecule has 3 aromatic rings. The molecule has 2 aromatic carbocycles. The van der Waals surface area contributed by atoms with Crippen LogP contribution in [0.15, 0.2) is 48.5 Å². The summed E-state index contributed by atoms with van der Waals surface area (Å²) < 4.78 is 26.5. The number of nitrogens with one attached hydrogen (secondary N) is 3. The van der Waals surface area contributed by atoms with Gasteiger partial charge in [0.2, 0.25) is 5.95 Å². The summed E-state index contributed by atoms with van der Waals surface area (Å²) in [4.78, 5) is 23.4. The summed E-state index contributed by atoms with van der Waals surface area (Å²) in [6, 6.07) is 11.1. The number of carbonyl (C=O) groups is 1. The Morgan fingerprint density at radius 3 is 2.16 bits per heavy atom. The van der Waals surface area contributed by atoms with Crippen molar-refractivity contribution in [2.45, 2.75) is 19.8 Å². The van der Waals surface area contributed by atoms with E-state index in [2.05, 4.69) is 30.8 Å². The van der Waals surface area contributed by atoms with E-state index in [0.29, 0.717) is 11.6 Å². The van der Waals surface area contributed by atoms with E-state index in [1.54, 1.807) is 24.3 Å². The summed E-state index contributed by atoms with van der Waals surface area (Å²) in [5, 5.41) is 8.19. The molecule has 160 valence electrons. The molecule has 4 rings (SSSR count). The number of nitrogens with zero attached hydrogens (tertiary/aromatic N) is 3. The Balaban J connectivity index is 1.38. The van der Waals surface area contributed by atoms with Gasteiger partial charge in [0.1, 0.15) is 17.5 Å². The van der Waals surface area contributed by atoms with Gasteiger partial charge in [-0.1, -0.05) is 0 Å². The van der Waals surface area contributed by atoms with E-state index in [9.17, 15) is 13.6 Å². The molecule has 0 bridgehead atoms. The predicted octanol–water partition coefficient (Wildman–Crippen LogP) is 5.05. The molecule has 3 N–H and O–H groups in total. The summed E-state index contributed by atoms with van der Waals surface area (Å²) in [5.41, 5.74) is 2.18. The molecule has 2 heterocycles. The number of anilines is 5. The van der Waals surface area contributed by atoms with Crippen LogP contribution in [0, 0.1) is 18.6 Å². The molecule has 1 saturated heterocycles. The molecule has 0 atom stereocenters. The molecular formula is C22H22F2N6O. The Bertz CT molecular complexity index is 1060. The summed E-state index contributed by atoms with van der Waals surface area (Å²) in [7, 11) is 0. The van der Waals surface area contributed by atoms with Gasteiger partial charge in [0.25, 0.3) is 0 Å². The number of aromatic nitrogens is 2. The van der Waals surface area contributed by atoms with Gasteiger partial charge < -0.3 is 20.9 Å². The first-order valence-corrected chi connectivity index (χ1v) is 9.96. The van der Waals surface area contributed by atoms with Gasteiger partial charge in [-0.15, -0.1) is 0 Å². The van der Waals surface area contributed by atoms with Crippen LogP contribution < -0.4 is 20.9 Å². The van der Waals surface area contributed by atoms with Gasteiger partial charge in [0, 0.05) is 48.0 Å². The monoisotopic (exact) mass is 424 g/mol. The number of hydrogen-bond donors (Lipinski definition) is 3. The summed E-state index contributed by atoms with van der Waals surface area (Å²) in [5.74, 6) is -0.112. The number of urea groups is 1. The SMILES string of the molecule is Cc1cc(N2CCCC2)nc(Nc2ccc(NC(=O)Nc3cc(F)cc(F)c3)cc2)n1. The van der Waals surface area contributed by atoms with Gasteiger partial charge in [-0.2, -0.15) is 4.98 Å². The number of aryl methyl sites for hydroxylation is 1. The number of carbonyl (C=O) groups excluding carboxylic acids is 1. The van der Waals surface area contributed by atoms with E-state index in [4.69, 9.17) is 0 Å². The van der Waals surface area contributed by atoms with Crippen LogP contribution in [0.2, 0.25) is 0 Å². The lowest BCUT2D eigenvalue weighted by atomic mass is 10.3. The first-order valence-electron chi connectivity index (χ1n) is 9.96. The number of hydrogen-bond acceptors (Lipinski definition) is 5. The zero-order chi connectivity index (χ0) is 21.8. The third-order valence-electron chi connectivity index (χ3n) is 4.79. The van der Waals surface area contributed by atoms with Crippen LogP contribution in [0.3, 0.4) is 0 Å². The van der Waals surface area contributed by atoms with Crippen molar-refractivity contribution in [1.29, 1.82) is 0 Å². The molecule has 0 spiro atoms. The first kappa shape index (κ1) is 20.5. The fourth-order valence-corrected chi connectivity index (χ4v) is 3.40. The lowest BCUT2D eigenvalue weighted by Crippen LogP contribution is -2.20. The molecule has 7 nitrogen and oxygen atoms in total. The van der Waals surface area contributed by atoms with Crippen molar-refractivity contribution in [3.05, 3.63) is 65.9 Å². The summed E-state index contributed by atoms with van der Waals surface area (Å²) in [6.45, 7) is 3.93. The number of amides is 2. The normalized spacial score (nSPS) is 13.2. The first-order chi connectivity index (χ1) is 14.9. The van der Waals surface area contributed by atoms with Gasteiger partial charge in [0.05, 0.1) is 0 Å². The fourth-order valence-electron chi connectivity index (χ4n) is 3.40. The van der Waals surface area contributed by atoms with Gasteiger partial charge in [-0.3, -0.25) is 0 Å². The maximum atomic E-state index is 13.2. The highest BCUT2D eigenvalue weighted by Crippen LogP contribution is 2.22. The van der Waals surface area contributed by atoms with E-state index < -0.39 is 17.7 Å². The Labute approximate surface area is 178 Å². The van der Waals surface area contributed by atoms with E-state index >= 15 is 0 Å². The largest absolute Gasteiger partial charge is 0.356 e. The topological polar surface area (TPSA) is 82.2 Å². The molecule has 1 aliphatic heterocycles. The molecule has 31 heavy (non-hydrogen) atoms. The second-order valence-electron chi connectivity index (χ2n) is 7.32. The van der Waals surface area contributed by atoms with Crippen LogP contribution in [0.25, 0.3) is 0 Å². The molecule has 1 aliphatic rings. The van der Waals surface area contributed by atoms with Crippen molar-refractivity contribution in [2.24, 2.45) is 0 Å². The van der Waals surface area contributed by atoms with Gasteiger partial charge in [0.15, 0.2) is 0 Å². The molecule has 1 fully saturated rings. The average molecular weight is 424 g/mol. The zero-order valence-corrected chi connectivity index (χ0v) is 17.0. The molecule has 0 aliphatic carbocycles. The highest BCUT2D eigenvalue weighted by Gasteiger charge is 2.15. The van der Waals surface area contributed by atoms with Crippen molar-refractivity contribution in [3.63, 3.8) is 0 Å². The summed E-state index contributed by atoms with van der Waals surface area (Å²) >= 11 is 0. The van der Waals surface area contributed by atoms with Crippen LogP contribution in [0.4, 0.5) is 42.4 Å². The van der Waals surface area contributed by atoms with E-state index in [0.717, 1.165) is 48.5 Å². The minimum Gasteiger partial charge on any atom is -0.356 e. The molecule has 2 amide bonds. The highest BCUT2D eigenvalue weighted by molar-refractivity contribution is 5.99. The van der Waals surface area contributed by atoms with Crippen LogP contribution in [0.1, 0.15) is 18.5 Å². The second kappa shape index (κ2) is 8.95. The lowest BCUT2D eigenvalue weighted by molar-refractivity contribution is 0.262. The minimum atomic E-state index is -0.767. The molecular weight excluding hydrogens is 402 g/mol. The molecule has 0 radical (unpaired) electrons. The molecule has 0 saturated carbocycles. The Hall–Kier alpha value is -3.75. The highest BCUT2D eigenvalue weighted by atomic mass is 19.1. The van der Waals surface area contributed by atoms with Gasteiger partial charge in [-0.05, 0) is 56.2 Å². The third kappa shape index (κ3) is 5.44. The Kier molecular flexibility index (Phi) is 5.92. The van der Waals surface area contributed by atoms with Crippen LogP contribution in [-0.4, -0.2) is 29.1 Å². The maximum absolute atomic E-state index is 13.2. The average Bonchev–Trinajstić information content (AvgIpc) is 3.23. The number of halogens is 2. The van der Waals surface area contributed by atoms with Crippen molar-refractivity contribution in [3.8, 4) is 0 Å². The second-order valence-corrected chi connectivity index (χ2v) is 7.32. The van der Waals surface area contributed by atoms with Crippen LogP contribution in [0.5, 0.6) is 0 Å². The van der Waals surface area contributed by atoms with Crippen molar-refractivity contribution in [1.82, 2.24) is 9.97 Å². The predicted molar refractivity (Wildman–Crippen MR) is 117 cm³/mol. The van der Waals surface area contributed by atoms with Gasteiger partial charge >= 0.3 is 6.03 Å². The van der Waals surface area contributed by atoms with Crippen molar-refractivity contribution >= 4 is 34.9 Å². The molecule has 0 unspecified atom stereocenters. The maximum Gasteiger partial charge on any atom is 0.323 e. The fraction of sp³-hybridized carbons (Fsp3) is 0.227.